The zero-order valence-corrected chi connectivity index (χ0v) is 6.52. The second-order valence-electron chi connectivity index (χ2n) is 2.40. The highest BCUT2D eigenvalue weighted by Gasteiger charge is 2.30. The highest BCUT2D eigenvalue weighted by molar-refractivity contribution is 7.80. The predicted molar refractivity (Wildman–Crippen MR) is 41.0 cm³/mol. The van der Waals surface area contributed by atoms with Gasteiger partial charge in [-0.05, 0) is 6.42 Å². The summed E-state index contributed by atoms with van der Waals surface area (Å²) in [6.45, 7) is 0. The highest BCUT2D eigenvalue weighted by Crippen LogP contribution is 2.17. The van der Waals surface area contributed by atoms with E-state index in [1.54, 1.807) is 11.9 Å². The molecule has 0 aliphatic carbocycles. The molecule has 1 N–H and O–H groups in total. The van der Waals surface area contributed by atoms with Crippen LogP contribution in [0, 0.1) is 0 Å². The van der Waals surface area contributed by atoms with Crippen molar-refractivity contribution < 1.29 is 9.90 Å². The van der Waals surface area contributed by atoms with Gasteiger partial charge in [-0.3, -0.25) is 0 Å². The third-order valence-electron chi connectivity index (χ3n) is 1.78. The molecular weight excluding hydrogens is 150 g/mol. The van der Waals surface area contributed by atoms with Crippen molar-refractivity contribution in [2.24, 2.45) is 0 Å². The maximum Gasteiger partial charge on any atom is 0.326 e. The Hall–Kier alpha value is -0.640. The first-order valence-electron chi connectivity index (χ1n) is 3.11. The summed E-state index contributed by atoms with van der Waals surface area (Å²) in [5.74, 6) is -0.776. The second kappa shape index (κ2) is 2.54. The van der Waals surface area contributed by atoms with Gasteiger partial charge in [0.1, 0.15) is 6.04 Å². The van der Waals surface area contributed by atoms with Crippen LogP contribution in [0.4, 0.5) is 0 Å². The molecule has 1 atom stereocenters. The quantitative estimate of drug-likeness (QED) is 0.565. The topological polar surface area (TPSA) is 40.5 Å². The lowest BCUT2D eigenvalue weighted by Gasteiger charge is -2.16. The Morgan fingerprint density at radius 1 is 1.90 bits per heavy atom. The number of nitrogens with zero attached hydrogens (tertiary/aromatic N) is 1. The van der Waals surface area contributed by atoms with Gasteiger partial charge in [-0.15, -0.1) is 0 Å². The van der Waals surface area contributed by atoms with E-state index in [0.29, 0.717) is 6.42 Å². The maximum absolute atomic E-state index is 10.5. The molecule has 0 bridgehead atoms. The van der Waals surface area contributed by atoms with Gasteiger partial charge in [-0.25, -0.2) is 4.79 Å². The molecule has 1 heterocycles. The molecule has 1 rings (SSSR count). The number of thiocarbonyl (C=S) groups is 1. The Labute approximate surface area is 64.6 Å². The van der Waals surface area contributed by atoms with Gasteiger partial charge >= 0.3 is 5.97 Å². The summed E-state index contributed by atoms with van der Waals surface area (Å²) >= 11 is 4.90. The Morgan fingerprint density at radius 2 is 2.50 bits per heavy atom. The van der Waals surface area contributed by atoms with Crippen LogP contribution in [0.5, 0.6) is 0 Å². The van der Waals surface area contributed by atoms with Gasteiger partial charge in [-0.1, -0.05) is 12.2 Å². The number of carboxylic acids is 1. The van der Waals surface area contributed by atoms with Crippen molar-refractivity contribution >= 4 is 23.2 Å². The maximum atomic E-state index is 10.5. The van der Waals surface area contributed by atoms with Crippen LogP contribution in [0.2, 0.25) is 0 Å². The van der Waals surface area contributed by atoms with E-state index in [9.17, 15) is 4.79 Å². The van der Waals surface area contributed by atoms with E-state index in [-0.39, 0.29) is 6.04 Å². The number of carboxylic acid groups (broad SMARTS) is 1. The van der Waals surface area contributed by atoms with E-state index in [4.69, 9.17) is 17.3 Å². The van der Waals surface area contributed by atoms with Crippen molar-refractivity contribution in [1.29, 1.82) is 0 Å². The van der Waals surface area contributed by atoms with E-state index >= 15 is 0 Å². The first-order chi connectivity index (χ1) is 4.63. The van der Waals surface area contributed by atoms with E-state index in [0.717, 1.165) is 11.4 Å². The van der Waals surface area contributed by atoms with Gasteiger partial charge in [0.15, 0.2) is 0 Å². The van der Waals surface area contributed by atoms with Gasteiger partial charge in [0.2, 0.25) is 0 Å². The minimum Gasteiger partial charge on any atom is -0.480 e. The normalized spacial score (nSPS) is 25.5. The first-order valence-corrected chi connectivity index (χ1v) is 3.52. The van der Waals surface area contributed by atoms with Crippen molar-refractivity contribution in [1.82, 2.24) is 4.90 Å². The van der Waals surface area contributed by atoms with Crippen LogP contribution >= 0.6 is 12.2 Å². The summed E-state index contributed by atoms with van der Waals surface area (Å²) in [5.41, 5.74) is 0. The Balaban J connectivity index is 2.66. The van der Waals surface area contributed by atoms with Crippen LogP contribution in [-0.4, -0.2) is 34.1 Å². The molecule has 3 nitrogen and oxygen atoms in total. The number of likely N-dealkylation sites (N-methyl/N-ethyl adjacent to an activating group) is 1. The molecular formula is C6H9NO2S. The highest BCUT2D eigenvalue weighted by atomic mass is 32.1. The lowest BCUT2D eigenvalue weighted by molar-refractivity contribution is -0.140. The summed E-state index contributed by atoms with van der Waals surface area (Å²) in [5, 5.41) is 8.60. The molecule has 0 aromatic carbocycles. The summed E-state index contributed by atoms with van der Waals surface area (Å²) in [6, 6.07) is -0.382. The van der Waals surface area contributed by atoms with Crippen LogP contribution in [0.25, 0.3) is 0 Å². The van der Waals surface area contributed by atoms with Crippen molar-refractivity contribution in [3.8, 4) is 0 Å². The smallest absolute Gasteiger partial charge is 0.326 e. The van der Waals surface area contributed by atoms with E-state index in [1.807, 2.05) is 0 Å². The molecule has 0 spiro atoms. The summed E-state index contributed by atoms with van der Waals surface area (Å²) in [6.07, 6.45) is 1.40. The summed E-state index contributed by atoms with van der Waals surface area (Å²) < 4.78 is 0. The van der Waals surface area contributed by atoms with E-state index < -0.39 is 5.97 Å². The molecule has 0 radical (unpaired) electrons. The number of aliphatic carboxylic acids is 1. The molecule has 1 unspecified atom stereocenters. The predicted octanol–water partition coefficient (Wildman–Crippen LogP) is 0.493. The molecule has 1 saturated heterocycles. The molecule has 0 aromatic heterocycles. The molecule has 0 aromatic rings. The number of rotatable bonds is 1. The van der Waals surface area contributed by atoms with Gasteiger partial charge in [0.25, 0.3) is 0 Å². The fourth-order valence-corrected chi connectivity index (χ4v) is 1.34. The number of hydrogen-bond donors (Lipinski definition) is 1. The molecule has 0 amide bonds. The van der Waals surface area contributed by atoms with E-state index in [1.165, 1.54) is 0 Å². The van der Waals surface area contributed by atoms with Crippen molar-refractivity contribution in [3.05, 3.63) is 0 Å². The standard InChI is InChI=1S/C6H9NO2S/c1-7-4(6(8)9)2-3-5(7)10/h4H,2-3H2,1H3,(H,8,9). The van der Waals surface area contributed by atoms with Crippen LogP contribution in [0.3, 0.4) is 0 Å². The van der Waals surface area contributed by atoms with Crippen LogP contribution in [-0.2, 0) is 4.79 Å². The third-order valence-corrected chi connectivity index (χ3v) is 2.27. The first kappa shape index (κ1) is 7.47. The molecule has 1 aliphatic heterocycles. The number of carbonyl (C=O) groups is 1. The van der Waals surface area contributed by atoms with Gasteiger partial charge in [0.05, 0.1) is 4.99 Å². The zero-order chi connectivity index (χ0) is 7.72. The lowest BCUT2D eigenvalue weighted by atomic mass is 10.2. The Bertz CT molecular complexity index is 181. The number of likely N-dealkylation sites (tertiary alicyclic amines) is 1. The van der Waals surface area contributed by atoms with Crippen LogP contribution in [0.1, 0.15) is 12.8 Å². The SMILES string of the molecule is CN1C(=S)CCC1C(=O)O. The molecule has 0 saturated carbocycles. The van der Waals surface area contributed by atoms with E-state index in [2.05, 4.69) is 0 Å². The number of hydrogen-bond acceptors (Lipinski definition) is 2. The van der Waals surface area contributed by atoms with Crippen LogP contribution in [0.15, 0.2) is 0 Å². The molecule has 10 heavy (non-hydrogen) atoms. The molecule has 4 heteroatoms. The average molecular weight is 159 g/mol. The Morgan fingerprint density at radius 3 is 2.70 bits per heavy atom. The largest absolute Gasteiger partial charge is 0.480 e. The minimum absolute atomic E-state index is 0.382. The lowest BCUT2D eigenvalue weighted by Crippen LogP contribution is -2.34. The van der Waals surface area contributed by atoms with Crippen LogP contribution < -0.4 is 0 Å². The average Bonchev–Trinajstić information content (AvgIpc) is 2.14. The van der Waals surface area contributed by atoms with Crippen molar-refractivity contribution in [2.75, 3.05) is 7.05 Å². The molecule has 56 valence electrons. The fraction of sp³-hybridized carbons (Fsp3) is 0.667. The van der Waals surface area contributed by atoms with Crippen molar-refractivity contribution in [2.45, 2.75) is 18.9 Å². The fourth-order valence-electron chi connectivity index (χ4n) is 1.09. The molecule has 1 fully saturated rings. The monoisotopic (exact) mass is 159 g/mol. The zero-order valence-electron chi connectivity index (χ0n) is 5.70. The van der Waals surface area contributed by atoms with Gasteiger partial charge < -0.3 is 10.0 Å². The second-order valence-corrected chi connectivity index (χ2v) is 2.87. The van der Waals surface area contributed by atoms with Gasteiger partial charge in [0, 0.05) is 13.5 Å². The summed E-state index contributed by atoms with van der Waals surface area (Å²) in [7, 11) is 1.73. The summed E-state index contributed by atoms with van der Waals surface area (Å²) in [4.78, 5) is 12.9. The molecule has 1 aliphatic rings. The third kappa shape index (κ3) is 1.11. The Kier molecular flexibility index (Phi) is 1.89. The van der Waals surface area contributed by atoms with Gasteiger partial charge in [-0.2, -0.15) is 0 Å². The van der Waals surface area contributed by atoms with Crippen molar-refractivity contribution in [3.63, 3.8) is 0 Å². The minimum atomic E-state index is -0.776.